The Kier molecular flexibility index (Phi) is 5.19. The van der Waals surface area contributed by atoms with Crippen LogP contribution in [-0.4, -0.2) is 15.9 Å². The Morgan fingerprint density at radius 3 is 2.54 bits per heavy atom. The zero-order valence-corrected chi connectivity index (χ0v) is 15.6. The largest absolute Gasteiger partial charge is 0.324 e. The first-order valence-electron chi connectivity index (χ1n) is 8.18. The molecule has 0 spiro atoms. The molecule has 1 amide bonds. The maximum Gasteiger partial charge on any atom is 0.274 e. The van der Waals surface area contributed by atoms with Crippen LogP contribution < -0.4 is 10.6 Å². The summed E-state index contributed by atoms with van der Waals surface area (Å²) >= 11 is 5.96. The number of hydrogen-bond acceptors (Lipinski definition) is 4. The van der Waals surface area contributed by atoms with Crippen molar-refractivity contribution in [2.75, 3.05) is 10.6 Å². The number of rotatable bonds is 4. The van der Waals surface area contributed by atoms with Crippen molar-refractivity contribution >= 4 is 34.8 Å². The number of nitrogens with zero attached hydrogens (tertiary/aromatic N) is 2. The molecule has 5 nitrogen and oxygen atoms in total. The van der Waals surface area contributed by atoms with Gasteiger partial charge in [-0.15, -0.1) is 0 Å². The molecule has 0 radical (unpaired) electrons. The molecular formula is C20H19ClN4O. The average Bonchev–Trinajstić information content (AvgIpc) is 2.58. The SMILES string of the molecule is Cc1cc(C(=O)Nc2cccc(Cl)c2)nc(Nc2cccc(C)c2C)n1. The minimum Gasteiger partial charge on any atom is -0.324 e. The third kappa shape index (κ3) is 4.18. The van der Waals surface area contributed by atoms with Crippen LogP contribution in [0.5, 0.6) is 0 Å². The number of amides is 1. The fraction of sp³-hybridized carbons (Fsp3) is 0.150. The van der Waals surface area contributed by atoms with Crippen molar-refractivity contribution in [3.8, 4) is 0 Å². The summed E-state index contributed by atoms with van der Waals surface area (Å²) in [6.07, 6.45) is 0. The van der Waals surface area contributed by atoms with Gasteiger partial charge in [-0.25, -0.2) is 9.97 Å². The molecule has 0 bridgehead atoms. The predicted molar refractivity (Wildman–Crippen MR) is 105 cm³/mol. The van der Waals surface area contributed by atoms with Crippen molar-refractivity contribution in [3.05, 3.63) is 76.1 Å². The first-order chi connectivity index (χ1) is 12.4. The van der Waals surface area contributed by atoms with E-state index in [4.69, 9.17) is 11.6 Å². The molecular weight excluding hydrogens is 348 g/mol. The third-order valence-corrected chi connectivity index (χ3v) is 4.26. The summed E-state index contributed by atoms with van der Waals surface area (Å²) < 4.78 is 0. The predicted octanol–water partition coefficient (Wildman–Crippen LogP) is 5.05. The number of benzene rings is 2. The molecule has 0 saturated heterocycles. The number of hydrogen-bond donors (Lipinski definition) is 2. The van der Waals surface area contributed by atoms with Crippen LogP contribution in [0, 0.1) is 20.8 Å². The molecule has 26 heavy (non-hydrogen) atoms. The van der Waals surface area contributed by atoms with Crippen LogP contribution in [0.3, 0.4) is 0 Å². The van der Waals surface area contributed by atoms with E-state index in [0.29, 0.717) is 22.4 Å². The number of nitrogens with one attached hydrogen (secondary N) is 2. The Bertz CT molecular complexity index is 972. The first-order valence-corrected chi connectivity index (χ1v) is 8.56. The minimum absolute atomic E-state index is 0.283. The molecule has 2 aromatic carbocycles. The average molecular weight is 367 g/mol. The van der Waals surface area contributed by atoms with Gasteiger partial charge in [-0.3, -0.25) is 4.79 Å². The molecule has 0 unspecified atom stereocenters. The highest BCUT2D eigenvalue weighted by Crippen LogP contribution is 2.21. The van der Waals surface area contributed by atoms with Crippen LogP contribution in [0.4, 0.5) is 17.3 Å². The van der Waals surface area contributed by atoms with E-state index in [1.54, 1.807) is 30.3 Å². The topological polar surface area (TPSA) is 66.9 Å². The molecule has 0 aliphatic carbocycles. The van der Waals surface area contributed by atoms with Gasteiger partial charge in [0.15, 0.2) is 0 Å². The quantitative estimate of drug-likeness (QED) is 0.678. The van der Waals surface area contributed by atoms with Crippen molar-refractivity contribution in [1.82, 2.24) is 9.97 Å². The summed E-state index contributed by atoms with van der Waals surface area (Å²) in [6, 6.07) is 14.6. The second-order valence-electron chi connectivity index (χ2n) is 6.06. The summed E-state index contributed by atoms with van der Waals surface area (Å²) in [5.74, 6) is 0.0664. The minimum atomic E-state index is -0.318. The van der Waals surface area contributed by atoms with Crippen molar-refractivity contribution in [1.29, 1.82) is 0 Å². The number of carbonyl (C=O) groups excluding carboxylic acids is 1. The molecule has 0 atom stereocenters. The van der Waals surface area contributed by atoms with E-state index in [2.05, 4.69) is 20.6 Å². The Morgan fingerprint density at radius 2 is 1.77 bits per heavy atom. The van der Waals surface area contributed by atoms with Crippen LogP contribution in [0.25, 0.3) is 0 Å². The highest BCUT2D eigenvalue weighted by Gasteiger charge is 2.12. The second kappa shape index (κ2) is 7.54. The molecule has 1 heterocycles. The molecule has 0 saturated carbocycles. The van der Waals surface area contributed by atoms with Crippen molar-refractivity contribution in [2.24, 2.45) is 0 Å². The molecule has 0 aliphatic rings. The van der Waals surface area contributed by atoms with E-state index >= 15 is 0 Å². The number of aromatic nitrogens is 2. The van der Waals surface area contributed by atoms with Crippen LogP contribution >= 0.6 is 11.6 Å². The van der Waals surface area contributed by atoms with Gasteiger partial charge in [0.25, 0.3) is 5.91 Å². The Labute approximate surface area is 157 Å². The van der Waals surface area contributed by atoms with Gasteiger partial charge in [0.2, 0.25) is 5.95 Å². The summed E-state index contributed by atoms with van der Waals surface area (Å²) in [5, 5.41) is 6.55. The molecule has 0 aliphatic heterocycles. The van der Waals surface area contributed by atoms with Crippen LogP contribution in [0.2, 0.25) is 5.02 Å². The van der Waals surface area contributed by atoms with Crippen LogP contribution in [0.1, 0.15) is 27.3 Å². The van der Waals surface area contributed by atoms with Crippen molar-refractivity contribution in [3.63, 3.8) is 0 Å². The van der Waals surface area contributed by atoms with Gasteiger partial charge in [-0.1, -0.05) is 29.8 Å². The number of carbonyl (C=O) groups is 1. The monoisotopic (exact) mass is 366 g/mol. The van der Waals surface area contributed by atoms with Gasteiger partial charge < -0.3 is 10.6 Å². The summed E-state index contributed by atoms with van der Waals surface area (Å²) in [7, 11) is 0. The van der Waals surface area contributed by atoms with Gasteiger partial charge in [0.1, 0.15) is 5.69 Å². The lowest BCUT2D eigenvalue weighted by molar-refractivity contribution is 0.102. The van der Waals surface area contributed by atoms with Crippen molar-refractivity contribution < 1.29 is 4.79 Å². The number of aryl methyl sites for hydroxylation is 2. The molecule has 6 heteroatoms. The van der Waals surface area contributed by atoms with Gasteiger partial charge in [0, 0.05) is 22.1 Å². The highest BCUT2D eigenvalue weighted by molar-refractivity contribution is 6.30. The van der Waals surface area contributed by atoms with Crippen LogP contribution in [0.15, 0.2) is 48.5 Å². The summed E-state index contributed by atoms with van der Waals surface area (Å²) in [6.45, 7) is 5.90. The van der Waals surface area contributed by atoms with Gasteiger partial charge >= 0.3 is 0 Å². The number of anilines is 3. The maximum absolute atomic E-state index is 12.5. The van der Waals surface area contributed by atoms with E-state index < -0.39 is 0 Å². The Morgan fingerprint density at radius 1 is 1.00 bits per heavy atom. The lowest BCUT2D eigenvalue weighted by Crippen LogP contribution is -2.15. The molecule has 2 N–H and O–H groups in total. The molecule has 3 aromatic rings. The lowest BCUT2D eigenvalue weighted by Gasteiger charge is -2.12. The lowest BCUT2D eigenvalue weighted by atomic mass is 10.1. The van der Waals surface area contributed by atoms with Gasteiger partial charge in [-0.2, -0.15) is 0 Å². The first kappa shape index (κ1) is 17.9. The summed E-state index contributed by atoms with van der Waals surface area (Å²) in [5.41, 5.74) is 4.79. The third-order valence-electron chi connectivity index (χ3n) is 4.02. The fourth-order valence-electron chi connectivity index (χ4n) is 2.51. The maximum atomic E-state index is 12.5. The van der Waals surface area contributed by atoms with E-state index in [1.165, 1.54) is 5.56 Å². The normalized spacial score (nSPS) is 10.5. The highest BCUT2D eigenvalue weighted by atomic mass is 35.5. The smallest absolute Gasteiger partial charge is 0.274 e. The van der Waals surface area contributed by atoms with E-state index in [0.717, 1.165) is 11.3 Å². The van der Waals surface area contributed by atoms with Crippen molar-refractivity contribution in [2.45, 2.75) is 20.8 Å². The molecule has 3 rings (SSSR count). The van der Waals surface area contributed by atoms with Gasteiger partial charge in [0.05, 0.1) is 0 Å². The second-order valence-corrected chi connectivity index (χ2v) is 6.49. The fourth-order valence-corrected chi connectivity index (χ4v) is 2.70. The Balaban J connectivity index is 1.85. The van der Waals surface area contributed by atoms with E-state index in [-0.39, 0.29) is 11.6 Å². The van der Waals surface area contributed by atoms with E-state index in [1.807, 2.05) is 39.0 Å². The zero-order valence-electron chi connectivity index (χ0n) is 14.8. The van der Waals surface area contributed by atoms with E-state index in [9.17, 15) is 4.79 Å². The standard InChI is InChI=1S/C20H19ClN4O/c1-12-6-4-9-17(14(12)3)24-20-22-13(2)10-18(25-20)19(26)23-16-8-5-7-15(21)11-16/h4-11H,1-3H3,(H,23,26)(H,22,24,25). The molecule has 1 aromatic heterocycles. The van der Waals surface area contributed by atoms with Crippen LogP contribution in [-0.2, 0) is 0 Å². The molecule has 0 fully saturated rings. The Hall–Kier alpha value is -2.92. The number of halogens is 1. The zero-order chi connectivity index (χ0) is 18.7. The van der Waals surface area contributed by atoms with Gasteiger partial charge in [-0.05, 0) is 62.2 Å². The summed E-state index contributed by atoms with van der Waals surface area (Å²) in [4.78, 5) is 21.3. The molecule has 132 valence electrons.